The molecular formula is C2H5BiCl3O. The summed E-state index contributed by atoms with van der Waals surface area (Å²) in [6, 6.07) is 0. The van der Waals surface area contributed by atoms with Gasteiger partial charge in [-0.05, 0) is 0 Å². The molecule has 1 nitrogen and oxygen atoms in total. The first-order valence-electron chi connectivity index (χ1n) is 1.69. The second-order valence-corrected chi connectivity index (χ2v) is 22.0. The second-order valence-electron chi connectivity index (χ2n) is 0.816. The molecule has 0 spiro atoms. The van der Waals surface area contributed by atoms with Crippen LogP contribution in [-0.2, 0) is 2.81 Å². The minimum atomic E-state index is -3.40. The van der Waals surface area contributed by atoms with Crippen LogP contribution in [0.5, 0.6) is 0 Å². The molecule has 0 aromatic rings. The Morgan fingerprint density at radius 3 is 1.86 bits per heavy atom. The van der Waals surface area contributed by atoms with Crippen LogP contribution in [0.4, 0.5) is 0 Å². The summed E-state index contributed by atoms with van der Waals surface area (Å²) in [5, 5.41) is 0. The van der Waals surface area contributed by atoms with E-state index in [9.17, 15) is 0 Å². The quantitative estimate of drug-likeness (QED) is 0.686. The number of halogens is 3. The molecule has 0 aliphatic rings. The van der Waals surface area contributed by atoms with E-state index in [2.05, 4.69) is 0 Å². The molecule has 1 radical (unpaired) electrons. The molecule has 0 fully saturated rings. The Balaban J connectivity index is 3.15. The number of rotatable bonds is 2. The zero-order chi connectivity index (χ0) is 5.91. The fraction of sp³-hybridized carbons (Fsp3) is 1.00. The van der Waals surface area contributed by atoms with Gasteiger partial charge in [-0.25, -0.2) is 0 Å². The molecule has 0 saturated carbocycles. The van der Waals surface area contributed by atoms with Gasteiger partial charge in [0.1, 0.15) is 0 Å². The van der Waals surface area contributed by atoms with Crippen LogP contribution in [0, 0.1) is 0 Å². The molecule has 0 rings (SSSR count). The van der Waals surface area contributed by atoms with Crippen molar-refractivity contribution in [1.29, 1.82) is 0 Å². The molecular weight excluding hydrogens is 355 g/mol. The molecule has 0 N–H and O–H groups in total. The second kappa shape index (κ2) is 3.68. The summed E-state index contributed by atoms with van der Waals surface area (Å²) in [6.07, 6.45) is 0. The van der Waals surface area contributed by atoms with Crippen LogP contribution >= 0.6 is 25.5 Å². The molecule has 0 bridgehead atoms. The van der Waals surface area contributed by atoms with Gasteiger partial charge in [-0.15, -0.1) is 0 Å². The van der Waals surface area contributed by atoms with Crippen molar-refractivity contribution in [1.82, 2.24) is 0 Å². The third kappa shape index (κ3) is 7.71. The fourth-order valence-corrected chi connectivity index (χ4v) is 3.85. The van der Waals surface area contributed by atoms with E-state index in [0.29, 0.717) is 6.61 Å². The molecule has 0 amide bonds. The molecule has 0 saturated heterocycles. The van der Waals surface area contributed by atoms with E-state index in [1.165, 1.54) is 0 Å². The molecule has 0 aromatic heterocycles. The van der Waals surface area contributed by atoms with Crippen LogP contribution in [0.25, 0.3) is 0 Å². The van der Waals surface area contributed by atoms with Gasteiger partial charge in [0.05, 0.1) is 0 Å². The molecule has 0 aliphatic heterocycles. The average molecular weight is 360 g/mol. The van der Waals surface area contributed by atoms with Crippen molar-refractivity contribution in [2.45, 2.75) is 6.92 Å². The Bertz CT molecular complexity index is 51.4. The van der Waals surface area contributed by atoms with Crippen LogP contribution in [0.1, 0.15) is 6.92 Å². The van der Waals surface area contributed by atoms with Gasteiger partial charge in [0.25, 0.3) is 0 Å². The Morgan fingerprint density at radius 2 is 1.86 bits per heavy atom. The maximum atomic E-state index is 5.36. The number of hydrogen-bond donors (Lipinski definition) is 0. The van der Waals surface area contributed by atoms with Crippen molar-refractivity contribution in [2.75, 3.05) is 6.61 Å². The summed E-state index contributed by atoms with van der Waals surface area (Å²) < 4.78 is 4.74. The molecule has 0 aromatic carbocycles. The topological polar surface area (TPSA) is 9.23 Å². The van der Waals surface area contributed by atoms with Crippen molar-refractivity contribution in [3.8, 4) is 0 Å². The van der Waals surface area contributed by atoms with Crippen molar-refractivity contribution in [3.05, 3.63) is 0 Å². The standard InChI is InChI=1S/C2H5O.Bi.3ClH/c1-2-3;;;;/h2H2,1H3;;3*1H/q-1;+4;;;/p-3. The van der Waals surface area contributed by atoms with E-state index >= 15 is 0 Å². The van der Waals surface area contributed by atoms with Crippen LogP contribution in [0.15, 0.2) is 0 Å². The Labute approximate surface area is 58.6 Å². The Hall–Kier alpha value is 1.71. The zero-order valence-corrected chi connectivity index (χ0v) is 9.44. The summed E-state index contributed by atoms with van der Waals surface area (Å²) >= 11 is -3.40. The summed E-state index contributed by atoms with van der Waals surface area (Å²) in [7, 11) is 16.1. The van der Waals surface area contributed by atoms with E-state index in [-0.39, 0.29) is 0 Å². The third-order valence-corrected chi connectivity index (χ3v) is 4.99. The summed E-state index contributed by atoms with van der Waals surface area (Å²) in [6.45, 7) is 2.31. The monoisotopic (exact) mass is 359 g/mol. The van der Waals surface area contributed by atoms with Gasteiger partial charge in [-0.3, -0.25) is 0 Å². The summed E-state index contributed by atoms with van der Waals surface area (Å²) in [5.41, 5.74) is 0. The van der Waals surface area contributed by atoms with Gasteiger partial charge < -0.3 is 0 Å². The van der Waals surface area contributed by atoms with Crippen LogP contribution < -0.4 is 0 Å². The van der Waals surface area contributed by atoms with Gasteiger partial charge in [0, 0.05) is 0 Å². The van der Waals surface area contributed by atoms with Crippen molar-refractivity contribution >= 4 is 42.7 Å². The first-order valence-corrected chi connectivity index (χ1v) is 15.9. The van der Waals surface area contributed by atoms with Gasteiger partial charge in [0.2, 0.25) is 0 Å². The Kier molecular flexibility index (Phi) is 4.59. The van der Waals surface area contributed by atoms with Gasteiger partial charge in [0.15, 0.2) is 0 Å². The Morgan fingerprint density at radius 1 is 1.43 bits per heavy atom. The van der Waals surface area contributed by atoms with Gasteiger partial charge >= 0.3 is 59.0 Å². The van der Waals surface area contributed by atoms with E-state index in [1.54, 1.807) is 6.92 Å². The van der Waals surface area contributed by atoms with E-state index in [1.807, 2.05) is 0 Å². The molecule has 5 heteroatoms. The van der Waals surface area contributed by atoms with Crippen molar-refractivity contribution in [2.24, 2.45) is 0 Å². The third-order valence-electron chi connectivity index (χ3n) is 0.275. The zero-order valence-electron chi connectivity index (χ0n) is 3.70. The minimum absolute atomic E-state index is 0.509. The SMILES string of the molecule is CC[O][Bi]([Cl])([Cl])[Cl]. The molecule has 0 unspecified atom stereocenters. The van der Waals surface area contributed by atoms with Crippen molar-refractivity contribution < 1.29 is 2.81 Å². The summed E-state index contributed by atoms with van der Waals surface area (Å²) in [5.74, 6) is 0. The first kappa shape index (κ1) is 8.71. The molecule has 0 aliphatic carbocycles. The van der Waals surface area contributed by atoms with Crippen LogP contribution in [0.2, 0.25) is 0 Å². The van der Waals surface area contributed by atoms with E-state index in [4.69, 9.17) is 28.4 Å². The molecule has 0 heterocycles. The molecule has 0 atom stereocenters. The molecule has 45 valence electrons. The predicted octanol–water partition coefficient (Wildman–Crippen LogP) is 2.17. The van der Waals surface area contributed by atoms with Crippen molar-refractivity contribution in [3.63, 3.8) is 0 Å². The van der Waals surface area contributed by atoms with E-state index < -0.39 is 17.1 Å². The van der Waals surface area contributed by atoms with Crippen LogP contribution in [0.3, 0.4) is 0 Å². The van der Waals surface area contributed by atoms with Gasteiger partial charge in [-0.1, -0.05) is 0 Å². The fourth-order valence-electron chi connectivity index (χ4n) is 0.146. The molecule has 7 heavy (non-hydrogen) atoms. The maximum absolute atomic E-state index is 5.36. The first-order chi connectivity index (χ1) is 3.06. The van der Waals surface area contributed by atoms with E-state index in [0.717, 1.165) is 0 Å². The normalized spacial score (nSPS) is 12.0. The average Bonchev–Trinajstić information content (AvgIpc) is 1.30. The van der Waals surface area contributed by atoms with Gasteiger partial charge in [-0.2, -0.15) is 0 Å². The van der Waals surface area contributed by atoms with Crippen LogP contribution in [-0.4, -0.2) is 23.7 Å². The summed E-state index contributed by atoms with van der Waals surface area (Å²) in [4.78, 5) is 0. The number of hydrogen-bond acceptors (Lipinski definition) is 1. The predicted molar refractivity (Wildman–Crippen MR) is 34.9 cm³/mol.